The van der Waals surface area contributed by atoms with Crippen molar-refractivity contribution in [3.8, 4) is 16.9 Å². The van der Waals surface area contributed by atoms with Crippen molar-refractivity contribution in [2.45, 2.75) is 12.8 Å². The van der Waals surface area contributed by atoms with Crippen molar-refractivity contribution in [1.82, 2.24) is 4.90 Å². The molecule has 0 aromatic heterocycles. The van der Waals surface area contributed by atoms with Crippen LogP contribution in [-0.2, 0) is 14.3 Å². The SMILES string of the molecule is COC(=O)C1CCN(C(=O)COc2ccc(-c3ccc(C(=N)N)cc3)cc2)CC1.Cl. The molecule has 0 saturated carbocycles. The highest BCUT2D eigenvalue weighted by atomic mass is 35.5. The number of nitrogens with one attached hydrogen (secondary N) is 1. The Balaban J connectivity index is 0.00000320. The molecule has 1 heterocycles. The van der Waals surface area contributed by atoms with Crippen molar-refractivity contribution in [2.24, 2.45) is 11.7 Å². The van der Waals surface area contributed by atoms with Gasteiger partial charge in [0.25, 0.3) is 5.91 Å². The summed E-state index contributed by atoms with van der Waals surface area (Å²) < 4.78 is 10.4. The number of likely N-dealkylation sites (tertiary alicyclic amines) is 1. The number of rotatable bonds is 6. The van der Waals surface area contributed by atoms with Crippen LogP contribution < -0.4 is 10.5 Å². The van der Waals surface area contributed by atoms with Crippen LogP contribution in [0.4, 0.5) is 0 Å². The third-order valence-corrected chi connectivity index (χ3v) is 5.13. The number of amides is 1. The van der Waals surface area contributed by atoms with E-state index in [0.29, 0.717) is 37.2 Å². The number of nitrogens with zero attached hydrogens (tertiary/aromatic N) is 1. The fourth-order valence-corrected chi connectivity index (χ4v) is 3.35. The monoisotopic (exact) mass is 431 g/mol. The van der Waals surface area contributed by atoms with Gasteiger partial charge >= 0.3 is 5.97 Å². The molecular weight excluding hydrogens is 406 g/mol. The van der Waals surface area contributed by atoms with Crippen molar-refractivity contribution >= 4 is 30.1 Å². The van der Waals surface area contributed by atoms with E-state index in [9.17, 15) is 9.59 Å². The largest absolute Gasteiger partial charge is 0.484 e. The molecule has 0 atom stereocenters. The number of hydrogen-bond donors (Lipinski definition) is 2. The van der Waals surface area contributed by atoms with Crippen molar-refractivity contribution in [1.29, 1.82) is 5.41 Å². The number of carbonyl (C=O) groups excluding carboxylic acids is 2. The van der Waals surface area contributed by atoms with Gasteiger partial charge < -0.3 is 20.1 Å². The van der Waals surface area contributed by atoms with Crippen LogP contribution >= 0.6 is 12.4 Å². The molecule has 0 aliphatic carbocycles. The first-order chi connectivity index (χ1) is 14.0. The van der Waals surface area contributed by atoms with Crippen LogP contribution in [0.2, 0.25) is 0 Å². The number of ether oxygens (including phenoxy) is 2. The molecule has 3 N–H and O–H groups in total. The third-order valence-electron chi connectivity index (χ3n) is 5.13. The van der Waals surface area contributed by atoms with Crippen molar-refractivity contribution in [3.63, 3.8) is 0 Å². The van der Waals surface area contributed by atoms with Crippen molar-refractivity contribution in [3.05, 3.63) is 54.1 Å². The van der Waals surface area contributed by atoms with Gasteiger partial charge in [0.15, 0.2) is 6.61 Å². The van der Waals surface area contributed by atoms with Gasteiger partial charge in [-0.1, -0.05) is 36.4 Å². The molecule has 160 valence electrons. The Hall–Kier alpha value is -3.06. The van der Waals surface area contributed by atoms with Gasteiger partial charge in [0.1, 0.15) is 11.6 Å². The molecule has 30 heavy (non-hydrogen) atoms. The predicted molar refractivity (Wildman–Crippen MR) is 117 cm³/mol. The second-order valence-corrected chi connectivity index (χ2v) is 6.98. The number of hydrogen-bond acceptors (Lipinski definition) is 5. The minimum absolute atomic E-state index is 0. The van der Waals surface area contributed by atoms with Gasteiger partial charge in [-0.25, -0.2) is 0 Å². The molecule has 0 spiro atoms. The van der Waals surface area contributed by atoms with Crippen molar-refractivity contribution < 1.29 is 19.1 Å². The van der Waals surface area contributed by atoms with Crippen molar-refractivity contribution in [2.75, 3.05) is 26.8 Å². The Kier molecular flexibility index (Phi) is 8.24. The van der Waals surface area contributed by atoms with Crippen LogP contribution in [-0.4, -0.2) is 49.4 Å². The van der Waals surface area contributed by atoms with E-state index in [0.717, 1.165) is 11.1 Å². The van der Waals surface area contributed by atoms with Gasteiger partial charge in [-0.3, -0.25) is 15.0 Å². The highest BCUT2D eigenvalue weighted by molar-refractivity contribution is 5.95. The maximum Gasteiger partial charge on any atom is 0.308 e. The summed E-state index contributed by atoms with van der Waals surface area (Å²) in [5, 5.41) is 7.44. The number of benzene rings is 2. The number of methoxy groups -OCH3 is 1. The number of halogens is 1. The zero-order chi connectivity index (χ0) is 20.8. The van der Waals surface area contributed by atoms with Gasteiger partial charge in [-0.15, -0.1) is 12.4 Å². The summed E-state index contributed by atoms with van der Waals surface area (Å²) in [5.74, 6) is 0.245. The summed E-state index contributed by atoms with van der Waals surface area (Å²) in [7, 11) is 1.39. The quantitative estimate of drug-likeness (QED) is 0.415. The molecule has 2 aromatic rings. The maximum absolute atomic E-state index is 12.4. The zero-order valence-electron chi connectivity index (χ0n) is 16.8. The summed E-state index contributed by atoms with van der Waals surface area (Å²) in [5.41, 5.74) is 8.17. The Morgan fingerprint density at radius 1 is 1.03 bits per heavy atom. The fraction of sp³-hybridized carbons (Fsp3) is 0.318. The molecule has 0 bridgehead atoms. The molecule has 1 fully saturated rings. The predicted octanol–water partition coefficient (Wildman–Crippen LogP) is 2.85. The lowest BCUT2D eigenvalue weighted by Crippen LogP contribution is -2.42. The second-order valence-electron chi connectivity index (χ2n) is 6.98. The number of nitrogens with two attached hydrogens (primary N) is 1. The van der Waals surface area contributed by atoms with Crippen LogP contribution in [0.25, 0.3) is 11.1 Å². The molecule has 1 saturated heterocycles. The van der Waals surface area contributed by atoms with E-state index in [4.69, 9.17) is 20.6 Å². The lowest BCUT2D eigenvalue weighted by molar-refractivity contribution is -0.149. The first kappa shape index (κ1) is 23.2. The summed E-state index contributed by atoms with van der Waals surface area (Å²) >= 11 is 0. The van der Waals surface area contributed by atoms with Crippen LogP contribution in [0, 0.1) is 11.3 Å². The zero-order valence-corrected chi connectivity index (χ0v) is 17.6. The Bertz CT molecular complexity index is 876. The fourth-order valence-electron chi connectivity index (χ4n) is 3.35. The van der Waals surface area contributed by atoms with Crippen LogP contribution in [0.5, 0.6) is 5.75 Å². The van der Waals surface area contributed by atoms with E-state index in [1.807, 2.05) is 48.5 Å². The Morgan fingerprint density at radius 2 is 1.57 bits per heavy atom. The summed E-state index contributed by atoms with van der Waals surface area (Å²) in [6.07, 6.45) is 1.24. The average Bonchev–Trinajstić information content (AvgIpc) is 2.77. The summed E-state index contributed by atoms with van der Waals surface area (Å²) in [6.45, 7) is 1.05. The lowest BCUT2D eigenvalue weighted by atomic mass is 9.97. The second kappa shape index (κ2) is 10.6. The smallest absolute Gasteiger partial charge is 0.308 e. The third kappa shape index (κ3) is 5.73. The molecule has 1 amide bonds. The maximum atomic E-state index is 12.4. The topological polar surface area (TPSA) is 106 Å². The Labute approximate surface area is 182 Å². The summed E-state index contributed by atoms with van der Waals surface area (Å²) in [4.78, 5) is 25.6. The van der Waals surface area contributed by atoms with E-state index >= 15 is 0 Å². The van der Waals surface area contributed by atoms with E-state index < -0.39 is 0 Å². The first-order valence-electron chi connectivity index (χ1n) is 9.51. The van der Waals surface area contributed by atoms with Gasteiger partial charge in [0.2, 0.25) is 0 Å². The molecule has 1 aliphatic rings. The molecule has 2 aromatic carbocycles. The van der Waals surface area contributed by atoms with E-state index in [1.54, 1.807) is 4.90 Å². The molecular formula is C22H26ClN3O4. The number of esters is 1. The van der Waals surface area contributed by atoms with Gasteiger partial charge in [0, 0.05) is 18.7 Å². The van der Waals surface area contributed by atoms with Crippen LogP contribution in [0.1, 0.15) is 18.4 Å². The van der Waals surface area contributed by atoms with E-state index in [-0.39, 0.29) is 42.6 Å². The Morgan fingerprint density at radius 3 is 2.07 bits per heavy atom. The average molecular weight is 432 g/mol. The summed E-state index contributed by atoms with van der Waals surface area (Å²) in [6, 6.07) is 14.9. The van der Waals surface area contributed by atoms with Gasteiger partial charge in [-0.2, -0.15) is 0 Å². The molecule has 3 rings (SSSR count). The minimum Gasteiger partial charge on any atom is -0.484 e. The number of piperidine rings is 1. The molecule has 1 aliphatic heterocycles. The number of nitrogen functional groups attached to an aromatic ring is 1. The van der Waals surface area contributed by atoms with E-state index in [1.165, 1.54) is 7.11 Å². The number of carbonyl (C=O) groups is 2. The standard InChI is InChI=1S/C22H25N3O4.ClH/c1-28-22(27)18-10-12-25(13-11-18)20(26)14-29-19-8-6-16(7-9-19)15-2-4-17(5-3-15)21(23)24;/h2-9,18H,10-14H2,1H3,(H3,23,24);1H. The van der Waals surface area contributed by atoms with Crippen LogP contribution in [0.3, 0.4) is 0 Å². The van der Waals surface area contributed by atoms with Gasteiger partial charge in [0.05, 0.1) is 13.0 Å². The molecule has 0 unspecified atom stereocenters. The first-order valence-corrected chi connectivity index (χ1v) is 9.51. The highest BCUT2D eigenvalue weighted by Gasteiger charge is 2.27. The lowest BCUT2D eigenvalue weighted by Gasteiger charge is -2.30. The molecule has 7 nitrogen and oxygen atoms in total. The molecule has 0 radical (unpaired) electrons. The highest BCUT2D eigenvalue weighted by Crippen LogP contribution is 2.23. The van der Waals surface area contributed by atoms with E-state index in [2.05, 4.69) is 0 Å². The normalized spacial score (nSPS) is 13.8. The number of amidine groups is 1. The minimum atomic E-state index is -0.204. The molecule has 8 heteroatoms. The van der Waals surface area contributed by atoms with Crippen LogP contribution in [0.15, 0.2) is 48.5 Å². The van der Waals surface area contributed by atoms with Gasteiger partial charge in [-0.05, 0) is 36.1 Å².